The molecule has 2 aromatic rings. The molecule has 0 aromatic heterocycles. The minimum Gasteiger partial charge on any atom is -0.322 e. The van der Waals surface area contributed by atoms with Gasteiger partial charge < -0.3 is 5.32 Å². The Hall–Kier alpha value is -1.39. The standard InChI is InChI=1S/C14H10BrClFNO/c1-8-7-9(17)5-6-12(8)18-14(19)10-3-2-4-11(15)13(10)16/h2-7H,1H3,(H,18,19). The normalized spacial score (nSPS) is 10.3. The SMILES string of the molecule is Cc1cc(F)ccc1NC(=O)c1cccc(Br)c1Cl. The first-order valence-electron chi connectivity index (χ1n) is 5.50. The molecule has 0 atom stereocenters. The first kappa shape index (κ1) is 14.0. The lowest BCUT2D eigenvalue weighted by Crippen LogP contribution is -2.13. The molecule has 2 rings (SSSR count). The molecule has 0 unspecified atom stereocenters. The van der Waals surface area contributed by atoms with Crippen molar-refractivity contribution in [2.45, 2.75) is 6.92 Å². The van der Waals surface area contributed by atoms with Crippen LogP contribution >= 0.6 is 27.5 Å². The van der Waals surface area contributed by atoms with Crippen molar-refractivity contribution in [1.82, 2.24) is 0 Å². The summed E-state index contributed by atoms with van der Waals surface area (Å²) in [6.07, 6.45) is 0. The van der Waals surface area contributed by atoms with E-state index in [9.17, 15) is 9.18 Å². The highest BCUT2D eigenvalue weighted by molar-refractivity contribution is 9.10. The van der Waals surface area contributed by atoms with E-state index in [1.807, 2.05) is 0 Å². The summed E-state index contributed by atoms with van der Waals surface area (Å²) in [6.45, 7) is 1.72. The molecule has 0 fully saturated rings. The minimum atomic E-state index is -0.337. The second-order valence-corrected chi connectivity index (χ2v) is 5.25. The van der Waals surface area contributed by atoms with Gasteiger partial charge in [-0.05, 0) is 58.7 Å². The molecule has 5 heteroatoms. The summed E-state index contributed by atoms with van der Waals surface area (Å²) in [4.78, 5) is 12.1. The third kappa shape index (κ3) is 3.14. The van der Waals surface area contributed by atoms with Gasteiger partial charge in [0, 0.05) is 10.2 Å². The maximum absolute atomic E-state index is 13.0. The Labute approximate surface area is 123 Å². The van der Waals surface area contributed by atoms with E-state index >= 15 is 0 Å². The van der Waals surface area contributed by atoms with Crippen molar-refractivity contribution in [2.24, 2.45) is 0 Å². The van der Waals surface area contributed by atoms with E-state index in [1.165, 1.54) is 18.2 Å². The first-order valence-corrected chi connectivity index (χ1v) is 6.67. The summed E-state index contributed by atoms with van der Waals surface area (Å²) < 4.78 is 13.6. The maximum atomic E-state index is 13.0. The largest absolute Gasteiger partial charge is 0.322 e. The molecule has 1 N–H and O–H groups in total. The number of anilines is 1. The topological polar surface area (TPSA) is 29.1 Å². The zero-order valence-electron chi connectivity index (χ0n) is 10.0. The molecule has 0 aliphatic carbocycles. The third-order valence-electron chi connectivity index (χ3n) is 2.63. The molecule has 0 aliphatic rings. The molecule has 0 saturated heterocycles. The Kier molecular flexibility index (Phi) is 4.22. The van der Waals surface area contributed by atoms with Crippen LogP contribution in [0.5, 0.6) is 0 Å². The van der Waals surface area contributed by atoms with Crippen LogP contribution in [-0.2, 0) is 0 Å². The van der Waals surface area contributed by atoms with Crippen LogP contribution in [0, 0.1) is 12.7 Å². The fraction of sp³-hybridized carbons (Fsp3) is 0.0714. The quantitative estimate of drug-likeness (QED) is 0.834. The van der Waals surface area contributed by atoms with E-state index in [4.69, 9.17) is 11.6 Å². The smallest absolute Gasteiger partial charge is 0.257 e. The number of amides is 1. The van der Waals surface area contributed by atoms with Crippen molar-refractivity contribution in [1.29, 1.82) is 0 Å². The number of rotatable bonds is 2. The van der Waals surface area contributed by atoms with E-state index < -0.39 is 0 Å². The number of aryl methyl sites for hydroxylation is 1. The number of hydrogen-bond donors (Lipinski definition) is 1. The van der Waals surface area contributed by atoms with E-state index in [0.29, 0.717) is 26.3 Å². The monoisotopic (exact) mass is 341 g/mol. The first-order chi connectivity index (χ1) is 8.99. The van der Waals surface area contributed by atoms with Gasteiger partial charge in [-0.2, -0.15) is 0 Å². The number of hydrogen-bond acceptors (Lipinski definition) is 1. The number of nitrogens with one attached hydrogen (secondary N) is 1. The van der Waals surface area contributed by atoms with Gasteiger partial charge in [0.05, 0.1) is 10.6 Å². The van der Waals surface area contributed by atoms with Gasteiger partial charge in [0.15, 0.2) is 0 Å². The van der Waals surface area contributed by atoms with Crippen LogP contribution in [0.15, 0.2) is 40.9 Å². The van der Waals surface area contributed by atoms with Gasteiger partial charge in [0.1, 0.15) is 5.82 Å². The van der Waals surface area contributed by atoms with Crippen LogP contribution in [0.3, 0.4) is 0 Å². The highest BCUT2D eigenvalue weighted by Gasteiger charge is 2.13. The number of carbonyl (C=O) groups is 1. The lowest BCUT2D eigenvalue weighted by molar-refractivity contribution is 0.102. The molecular weight excluding hydrogens is 333 g/mol. The molecule has 0 spiro atoms. The van der Waals surface area contributed by atoms with Gasteiger partial charge in [-0.1, -0.05) is 17.7 Å². The molecule has 98 valence electrons. The Morgan fingerprint density at radius 2 is 2.05 bits per heavy atom. The van der Waals surface area contributed by atoms with Crippen molar-refractivity contribution < 1.29 is 9.18 Å². The molecule has 2 aromatic carbocycles. The Morgan fingerprint density at radius 1 is 1.32 bits per heavy atom. The van der Waals surface area contributed by atoms with Crippen molar-refractivity contribution in [3.05, 3.63) is 62.8 Å². The number of carbonyl (C=O) groups excluding carboxylic acids is 1. The summed E-state index contributed by atoms with van der Waals surface area (Å²) in [5, 5.41) is 3.06. The highest BCUT2D eigenvalue weighted by atomic mass is 79.9. The van der Waals surface area contributed by atoms with Gasteiger partial charge >= 0.3 is 0 Å². The Balaban J connectivity index is 2.28. The molecule has 1 amide bonds. The molecule has 0 heterocycles. The summed E-state index contributed by atoms with van der Waals surface area (Å²) in [7, 11) is 0. The van der Waals surface area contributed by atoms with Crippen molar-refractivity contribution in [2.75, 3.05) is 5.32 Å². The molecule has 19 heavy (non-hydrogen) atoms. The molecule has 0 aliphatic heterocycles. The average molecular weight is 343 g/mol. The minimum absolute atomic E-state index is 0.332. The second-order valence-electron chi connectivity index (χ2n) is 4.01. The summed E-state index contributed by atoms with van der Waals surface area (Å²) >= 11 is 9.31. The molecule has 2 nitrogen and oxygen atoms in total. The highest BCUT2D eigenvalue weighted by Crippen LogP contribution is 2.27. The average Bonchev–Trinajstić information content (AvgIpc) is 2.36. The van der Waals surface area contributed by atoms with Crippen LogP contribution in [0.2, 0.25) is 5.02 Å². The van der Waals surface area contributed by atoms with E-state index in [1.54, 1.807) is 25.1 Å². The van der Waals surface area contributed by atoms with Crippen LogP contribution < -0.4 is 5.32 Å². The molecule has 0 bridgehead atoms. The lowest BCUT2D eigenvalue weighted by atomic mass is 10.1. The van der Waals surface area contributed by atoms with Crippen molar-refractivity contribution >= 4 is 39.1 Å². The van der Waals surface area contributed by atoms with Gasteiger partial charge in [-0.3, -0.25) is 4.79 Å². The zero-order valence-corrected chi connectivity index (χ0v) is 12.3. The number of benzene rings is 2. The van der Waals surface area contributed by atoms with Crippen molar-refractivity contribution in [3.8, 4) is 0 Å². The zero-order chi connectivity index (χ0) is 14.0. The summed E-state index contributed by atoms with van der Waals surface area (Å²) in [5.74, 6) is -0.669. The molecule has 0 radical (unpaired) electrons. The van der Waals surface area contributed by atoms with Crippen LogP contribution in [0.1, 0.15) is 15.9 Å². The van der Waals surface area contributed by atoms with E-state index in [2.05, 4.69) is 21.2 Å². The van der Waals surface area contributed by atoms with Crippen LogP contribution in [0.4, 0.5) is 10.1 Å². The fourth-order valence-electron chi connectivity index (χ4n) is 1.64. The van der Waals surface area contributed by atoms with Gasteiger partial charge in [-0.25, -0.2) is 4.39 Å². The van der Waals surface area contributed by atoms with Gasteiger partial charge in [-0.15, -0.1) is 0 Å². The van der Waals surface area contributed by atoms with Gasteiger partial charge in [0.2, 0.25) is 0 Å². The second kappa shape index (κ2) is 5.72. The summed E-state index contributed by atoms with van der Waals surface area (Å²) in [6, 6.07) is 9.28. The summed E-state index contributed by atoms with van der Waals surface area (Å²) in [5.41, 5.74) is 1.57. The molecule has 0 saturated carbocycles. The maximum Gasteiger partial charge on any atom is 0.257 e. The third-order valence-corrected chi connectivity index (χ3v) is 3.93. The van der Waals surface area contributed by atoms with Crippen LogP contribution in [-0.4, -0.2) is 5.91 Å². The number of halogens is 3. The van der Waals surface area contributed by atoms with E-state index in [0.717, 1.165) is 0 Å². The predicted molar refractivity (Wildman–Crippen MR) is 78.2 cm³/mol. The molecular formula is C14H10BrClFNO. The van der Waals surface area contributed by atoms with Crippen molar-refractivity contribution in [3.63, 3.8) is 0 Å². The lowest BCUT2D eigenvalue weighted by Gasteiger charge is -2.10. The predicted octanol–water partition coefficient (Wildman–Crippen LogP) is 4.80. The Morgan fingerprint density at radius 3 is 2.74 bits per heavy atom. The van der Waals surface area contributed by atoms with Gasteiger partial charge in [0.25, 0.3) is 5.91 Å². The van der Waals surface area contributed by atoms with E-state index in [-0.39, 0.29) is 11.7 Å². The Bertz CT molecular complexity index is 645. The fourth-order valence-corrected chi connectivity index (χ4v) is 2.21. The van der Waals surface area contributed by atoms with Crippen LogP contribution in [0.25, 0.3) is 0 Å².